The topological polar surface area (TPSA) is 22.0 Å². The van der Waals surface area contributed by atoms with E-state index in [1.54, 1.807) is 4.57 Å². The highest BCUT2D eigenvalue weighted by Gasteiger charge is 1.94. The SMILES string of the molecule is CC.CCCn1cccc(C)c1=O. The van der Waals surface area contributed by atoms with Gasteiger partial charge in [-0.05, 0) is 19.4 Å². The lowest BCUT2D eigenvalue weighted by Gasteiger charge is -2.02. The van der Waals surface area contributed by atoms with Crippen molar-refractivity contribution >= 4 is 0 Å². The van der Waals surface area contributed by atoms with Crippen LogP contribution in [-0.4, -0.2) is 4.57 Å². The van der Waals surface area contributed by atoms with Crippen LogP contribution in [0, 0.1) is 6.92 Å². The summed E-state index contributed by atoms with van der Waals surface area (Å²) in [5.41, 5.74) is 0.954. The average molecular weight is 181 g/mol. The quantitative estimate of drug-likeness (QED) is 0.687. The van der Waals surface area contributed by atoms with Crippen LogP contribution in [0.25, 0.3) is 0 Å². The predicted octanol–water partition coefficient (Wildman–Crippen LogP) is 2.59. The molecule has 0 saturated carbocycles. The molecule has 0 N–H and O–H groups in total. The molecule has 1 aromatic heterocycles. The van der Waals surface area contributed by atoms with Gasteiger partial charge in [0.25, 0.3) is 5.56 Å². The highest BCUT2D eigenvalue weighted by atomic mass is 16.1. The Kier molecular flexibility index (Phi) is 5.94. The van der Waals surface area contributed by atoms with Crippen molar-refractivity contribution in [3.05, 3.63) is 34.2 Å². The number of nitrogens with zero attached hydrogens (tertiary/aromatic N) is 1. The first-order valence-corrected chi connectivity index (χ1v) is 4.91. The van der Waals surface area contributed by atoms with Crippen LogP contribution in [-0.2, 0) is 6.54 Å². The van der Waals surface area contributed by atoms with E-state index in [4.69, 9.17) is 0 Å². The zero-order valence-corrected chi connectivity index (χ0v) is 9.00. The van der Waals surface area contributed by atoms with Gasteiger partial charge in [0.2, 0.25) is 0 Å². The molecule has 2 heteroatoms. The van der Waals surface area contributed by atoms with Crippen molar-refractivity contribution in [3.63, 3.8) is 0 Å². The summed E-state index contributed by atoms with van der Waals surface area (Å²) in [5.74, 6) is 0. The molecule has 1 heterocycles. The normalized spacial score (nSPS) is 8.92. The lowest BCUT2D eigenvalue weighted by Crippen LogP contribution is -2.20. The molecule has 0 aromatic carbocycles. The third-order valence-corrected chi connectivity index (χ3v) is 1.67. The fourth-order valence-electron chi connectivity index (χ4n) is 1.07. The second-order valence-electron chi connectivity index (χ2n) is 2.69. The molecule has 13 heavy (non-hydrogen) atoms. The Bertz CT molecular complexity index is 288. The minimum Gasteiger partial charge on any atom is -0.315 e. The summed E-state index contributed by atoms with van der Waals surface area (Å²) >= 11 is 0. The van der Waals surface area contributed by atoms with Crippen LogP contribution in [0.15, 0.2) is 23.1 Å². The first-order valence-electron chi connectivity index (χ1n) is 4.91. The van der Waals surface area contributed by atoms with Gasteiger partial charge >= 0.3 is 0 Å². The molecular weight excluding hydrogens is 162 g/mol. The van der Waals surface area contributed by atoms with Crippen molar-refractivity contribution in [1.82, 2.24) is 4.57 Å². The van der Waals surface area contributed by atoms with Gasteiger partial charge in [-0.15, -0.1) is 0 Å². The fourth-order valence-corrected chi connectivity index (χ4v) is 1.07. The van der Waals surface area contributed by atoms with Crippen LogP contribution in [0.1, 0.15) is 32.8 Å². The van der Waals surface area contributed by atoms with Crippen molar-refractivity contribution in [2.75, 3.05) is 0 Å². The molecule has 0 unspecified atom stereocenters. The van der Waals surface area contributed by atoms with E-state index in [-0.39, 0.29) is 5.56 Å². The Morgan fingerprint density at radius 3 is 2.54 bits per heavy atom. The third kappa shape index (κ3) is 3.45. The van der Waals surface area contributed by atoms with Gasteiger partial charge in [0.1, 0.15) is 0 Å². The molecule has 0 radical (unpaired) electrons. The molecule has 0 aliphatic rings. The maximum atomic E-state index is 11.3. The Balaban J connectivity index is 0.000000671. The van der Waals surface area contributed by atoms with E-state index in [1.165, 1.54) is 0 Å². The molecule has 0 saturated heterocycles. The minimum absolute atomic E-state index is 0.134. The van der Waals surface area contributed by atoms with Gasteiger partial charge in [-0.1, -0.05) is 26.8 Å². The lowest BCUT2D eigenvalue weighted by molar-refractivity contribution is 0.650. The van der Waals surface area contributed by atoms with Gasteiger partial charge < -0.3 is 4.57 Å². The molecule has 0 aliphatic heterocycles. The number of aromatic nitrogens is 1. The summed E-state index contributed by atoms with van der Waals surface area (Å²) in [6.07, 6.45) is 2.84. The van der Waals surface area contributed by atoms with E-state index in [0.29, 0.717) is 0 Å². The second-order valence-corrected chi connectivity index (χ2v) is 2.69. The van der Waals surface area contributed by atoms with Crippen molar-refractivity contribution in [1.29, 1.82) is 0 Å². The van der Waals surface area contributed by atoms with E-state index >= 15 is 0 Å². The minimum atomic E-state index is 0.134. The Hall–Kier alpha value is -1.05. The zero-order valence-electron chi connectivity index (χ0n) is 9.00. The third-order valence-electron chi connectivity index (χ3n) is 1.67. The number of pyridine rings is 1. The first-order chi connectivity index (χ1) is 6.25. The maximum absolute atomic E-state index is 11.3. The van der Waals surface area contributed by atoms with Crippen molar-refractivity contribution < 1.29 is 0 Å². The van der Waals surface area contributed by atoms with Crippen LogP contribution in [0.2, 0.25) is 0 Å². The molecule has 2 nitrogen and oxygen atoms in total. The van der Waals surface area contributed by atoms with Crippen LogP contribution in [0.4, 0.5) is 0 Å². The van der Waals surface area contributed by atoms with Gasteiger partial charge in [0, 0.05) is 18.3 Å². The molecule has 0 amide bonds. The molecule has 0 spiro atoms. The van der Waals surface area contributed by atoms with Crippen LogP contribution < -0.4 is 5.56 Å². The summed E-state index contributed by atoms with van der Waals surface area (Å²) in [6, 6.07) is 3.75. The number of rotatable bonds is 2. The van der Waals surface area contributed by atoms with Crippen LogP contribution >= 0.6 is 0 Å². The summed E-state index contributed by atoms with van der Waals surface area (Å²) in [5, 5.41) is 0. The maximum Gasteiger partial charge on any atom is 0.253 e. The summed E-state index contributed by atoms with van der Waals surface area (Å²) in [6.45, 7) is 8.73. The molecular formula is C11H19NO. The largest absolute Gasteiger partial charge is 0.315 e. The van der Waals surface area contributed by atoms with E-state index in [1.807, 2.05) is 39.1 Å². The van der Waals surface area contributed by atoms with Crippen LogP contribution in [0.5, 0.6) is 0 Å². The van der Waals surface area contributed by atoms with Crippen LogP contribution in [0.3, 0.4) is 0 Å². The predicted molar refractivity (Wildman–Crippen MR) is 57.1 cm³/mol. The van der Waals surface area contributed by atoms with E-state index in [0.717, 1.165) is 18.5 Å². The Morgan fingerprint density at radius 1 is 1.38 bits per heavy atom. The summed E-state index contributed by atoms with van der Waals surface area (Å²) in [4.78, 5) is 11.3. The Labute approximate surface area is 80.2 Å². The Morgan fingerprint density at radius 2 is 2.00 bits per heavy atom. The van der Waals surface area contributed by atoms with E-state index < -0.39 is 0 Å². The number of aryl methyl sites for hydroxylation is 2. The molecule has 0 aliphatic carbocycles. The van der Waals surface area contributed by atoms with Gasteiger partial charge in [0.05, 0.1) is 0 Å². The van der Waals surface area contributed by atoms with Crippen molar-refractivity contribution in [3.8, 4) is 0 Å². The van der Waals surface area contributed by atoms with Gasteiger partial charge in [-0.3, -0.25) is 4.79 Å². The molecule has 1 aromatic rings. The van der Waals surface area contributed by atoms with Gasteiger partial charge in [-0.25, -0.2) is 0 Å². The standard InChI is InChI=1S/C9H13NO.C2H6/c1-3-6-10-7-4-5-8(2)9(10)11;1-2/h4-5,7H,3,6H2,1-2H3;1-2H3. The second kappa shape index (κ2) is 6.46. The van der Waals surface area contributed by atoms with Gasteiger partial charge in [-0.2, -0.15) is 0 Å². The lowest BCUT2D eigenvalue weighted by atomic mass is 10.3. The number of hydrogen-bond acceptors (Lipinski definition) is 1. The first kappa shape index (κ1) is 11.9. The highest BCUT2D eigenvalue weighted by Crippen LogP contribution is 1.90. The molecule has 74 valence electrons. The molecule has 0 fully saturated rings. The smallest absolute Gasteiger partial charge is 0.253 e. The van der Waals surface area contributed by atoms with Gasteiger partial charge in [0.15, 0.2) is 0 Å². The molecule has 1 rings (SSSR count). The average Bonchev–Trinajstić information content (AvgIpc) is 2.17. The van der Waals surface area contributed by atoms with E-state index in [9.17, 15) is 4.79 Å². The highest BCUT2D eigenvalue weighted by molar-refractivity contribution is 5.07. The van der Waals surface area contributed by atoms with Crippen molar-refractivity contribution in [2.45, 2.75) is 40.7 Å². The molecule has 0 bridgehead atoms. The zero-order chi connectivity index (χ0) is 10.3. The molecule has 0 atom stereocenters. The monoisotopic (exact) mass is 181 g/mol. The van der Waals surface area contributed by atoms with E-state index in [2.05, 4.69) is 6.92 Å². The number of hydrogen-bond donors (Lipinski definition) is 0. The van der Waals surface area contributed by atoms with Crippen molar-refractivity contribution in [2.24, 2.45) is 0 Å². The summed E-state index contributed by atoms with van der Waals surface area (Å²) < 4.78 is 1.75. The fraction of sp³-hybridized carbons (Fsp3) is 0.545. The summed E-state index contributed by atoms with van der Waals surface area (Å²) in [7, 11) is 0.